The molecule has 0 spiro atoms. The van der Waals surface area contributed by atoms with E-state index in [0.717, 1.165) is 128 Å². The third-order valence-electron chi connectivity index (χ3n) is 14.1. The van der Waals surface area contributed by atoms with Gasteiger partial charge in [0, 0.05) is 12.8 Å². The maximum absolute atomic E-state index is 13.6. The van der Waals surface area contributed by atoms with E-state index in [0.29, 0.717) is 23.9 Å². The summed E-state index contributed by atoms with van der Waals surface area (Å²) in [5, 5.41) is 3.05. The minimum atomic E-state index is -4.47. The summed E-state index contributed by atoms with van der Waals surface area (Å²) in [5.41, 5.74) is 0. The van der Waals surface area contributed by atoms with E-state index in [-0.39, 0.29) is 31.5 Å². The van der Waals surface area contributed by atoms with Crippen molar-refractivity contribution in [1.82, 2.24) is 5.32 Å². The van der Waals surface area contributed by atoms with Crippen molar-refractivity contribution in [2.45, 2.75) is 283 Å². The first kappa shape index (κ1) is 78.4. The molecule has 82 heavy (non-hydrogen) atoms. The molecule has 0 fully saturated rings. The Bertz CT molecular complexity index is 1820. The number of likely N-dealkylation sites (N-methyl/N-ethyl adjacent to an activating group) is 1. The molecule has 0 aromatic rings. The van der Waals surface area contributed by atoms with E-state index >= 15 is 0 Å². The van der Waals surface area contributed by atoms with Gasteiger partial charge in [-0.2, -0.15) is 0 Å². The van der Waals surface area contributed by atoms with Crippen LogP contribution in [0.3, 0.4) is 0 Å². The predicted octanol–water partition coefficient (Wildman–Crippen LogP) is 21.1. The van der Waals surface area contributed by atoms with Crippen molar-refractivity contribution in [3.05, 3.63) is 122 Å². The van der Waals surface area contributed by atoms with Crippen molar-refractivity contribution in [3.8, 4) is 0 Å². The van der Waals surface area contributed by atoms with Crippen LogP contribution in [0.15, 0.2) is 122 Å². The van der Waals surface area contributed by atoms with Crippen LogP contribution in [0.1, 0.15) is 271 Å². The van der Waals surface area contributed by atoms with Gasteiger partial charge in [0.05, 0.1) is 33.8 Å². The minimum Gasteiger partial charge on any atom is -0.456 e. The SMILES string of the molecule is CC/C=C\C/C=C\C/C=C\C/C=C\C/C=C\C/C=C\CCCCCCCCCCC(=O)NC(COP(=O)(O)OCC[N+](C)(C)C)C(/C=C\CCCCCCCCCCCC)OC(=O)CCCCCC/C=C\C/C=C\C/C=C\CCCCC. The molecule has 0 bridgehead atoms. The number of carbonyl (C=O) groups excluding carboxylic acids is 2. The molecule has 0 saturated heterocycles. The quantitative estimate of drug-likeness (QED) is 0.0205. The van der Waals surface area contributed by atoms with Gasteiger partial charge in [0.2, 0.25) is 5.91 Å². The Morgan fingerprint density at radius 2 is 0.780 bits per heavy atom. The van der Waals surface area contributed by atoms with Crippen LogP contribution in [-0.2, 0) is 27.9 Å². The smallest absolute Gasteiger partial charge is 0.456 e. The number of hydrogen-bond acceptors (Lipinski definition) is 6. The molecule has 1 amide bonds. The third-order valence-corrected chi connectivity index (χ3v) is 15.1. The molecule has 9 nitrogen and oxygen atoms in total. The number of rotatable bonds is 59. The van der Waals surface area contributed by atoms with E-state index in [4.69, 9.17) is 13.8 Å². The highest BCUT2D eigenvalue weighted by Crippen LogP contribution is 2.43. The van der Waals surface area contributed by atoms with Crippen molar-refractivity contribution in [2.75, 3.05) is 40.9 Å². The normalized spacial score (nSPS) is 14.4. The van der Waals surface area contributed by atoms with Gasteiger partial charge in [0.15, 0.2) is 0 Å². The summed E-state index contributed by atoms with van der Waals surface area (Å²) in [6.07, 6.45) is 84.8. The molecule has 470 valence electrons. The molecule has 0 aromatic heterocycles. The van der Waals surface area contributed by atoms with Crippen molar-refractivity contribution in [2.24, 2.45) is 0 Å². The Hall–Kier alpha value is -3.59. The van der Waals surface area contributed by atoms with E-state index in [1.165, 1.54) is 103 Å². The number of nitrogens with zero attached hydrogens (tertiary/aromatic N) is 1. The fraction of sp³-hybridized carbons (Fsp3) is 0.694. The molecule has 0 rings (SSSR count). The average molecular weight is 1160 g/mol. The summed E-state index contributed by atoms with van der Waals surface area (Å²) < 4.78 is 30.7. The van der Waals surface area contributed by atoms with Gasteiger partial charge < -0.3 is 19.4 Å². The molecule has 2 N–H and O–H groups in total. The van der Waals surface area contributed by atoms with Gasteiger partial charge in [0.25, 0.3) is 0 Å². The Kier molecular flexibility index (Phi) is 57.9. The van der Waals surface area contributed by atoms with Crippen LogP contribution < -0.4 is 5.32 Å². The van der Waals surface area contributed by atoms with Gasteiger partial charge in [-0.05, 0) is 122 Å². The van der Waals surface area contributed by atoms with Gasteiger partial charge in [-0.15, -0.1) is 0 Å². The third kappa shape index (κ3) is 61.0. The zero-order valence-corrected chi connectivity index (χ0v) is 54.6. The summed E-state index contributed by atoms with van der Waals surface area (Å²) in [6, 6.07) is -0.871. The second-order valence-corrected chi connectivity index (χ2v) is 24.7. The van der Waals surface area contributed by atoms with Gasteiger partial charge in [0.1, 0.15) is 19.3 Å². The van der Waals surface area contributed by atoms with Gasteiger partial charge in [-0.1, -0.05) is 258 Å². The summed E-state index contributed by atoms with van der Waals surface area (Å²) in [7, 11) is 1.46. The van der Waals surface area contributed by atoms with Crippen LogP contribution in [0.25, 0.3) is 0 Å². The number of phosphoric acid groups is 1. The summed E-state index contributed by atoms with van der Waals surface area (Å²) in [5.74, 6) is -0.545. The van der Waals surface area contributed by atoms with Crippen molar-refractivity contribution >= 4 is 19.7 Å². The van der Waals surface area contributed by atoms with Crippen LogP contribution in [0.4, 0.5) is 0 Å². The van der Waals surface area contributed by atoms with E-state index < -0.39 is 20.0 Å². The molecular weight excluding hydrogens is 1040 g/mol. The summed E-state index contributed by atoms with van der Waals surface area (Å²) >= 11 is 0. The van der Waals surface area contributed by atoms with Gasteiger partial charge in [-0.25, -0.2) is 4.57 Å². The van der Waals surface area contributed by atoms with E-state index in [1.807, 2.05) is 33.3 Å². The van der Waals surface area contributed by atoms with Crippen LogP contribution >= 0.6 is 7.82 Å². The maximum Gasteiger partial charge on any atom is 0.472 e. The highest BCUT2D eigenvalue weighted by Gasteiger charge is 2.30. The number of amides is 1. The Morgan fingerprint density at radius 3 is 1.20 bits per heavy atom. The number of allylic oxidation sites excluding steroid dienone is 19. The largest absolute Gasteiger partial charge is 0.472 e. The lowest BCUT2D eigenvalue weighted by Gasteiger charge is -2.27. The fourth-order valence-corrected chi connectivity index (χ4v) is 9.74. The molecule has 3 unspecified atom stereocenters. The van der Waals surface area contributed by atoms with E-state index in [9.17, 15) is 19.0 Å². The first-order chi connectivity index (χ1) is 39.9. The average Bonchev–Trinajstić information content (AvgIpc) is 3.47. The Labute approximate surface area is 505 Å². The lowest BCUT2D eigenvalue weighted by Crippen LogP contribution is -2.47. The lowest BCUT2D eigenvalue weighted by atomic mass is 10.0. The van der Waals surface area contributed by atoms with E-state index in [2.05, 4.69) is 135 Å². The lowest BCUT2D eigenvalue weighted by molar-refractivity contribution is -0.870. The number of esters is 1. The van der Waals surface area contributed by atoms with Crippen LogP contribution in [0, 0.1) is 0 Å². The van der Waals surface area contributed by atoms with Crippen molar-refractivity contribution in [3.63, 3.8) is 0 Å². The van der Waals surface area contributed by atoms with E-state index in [1.54, 1.807) is 0 Å². The number of ether oxygens (including phenoxy) is 1. The molecule has 0 aromatic carbocycles. The van der Waals surface area contributed by atoms with Gasteiger partial charge in [-0.3, -0.25) is 18.6 Å². The highest BCUT2D eigenvalue weighted by molar-refractivity contribution is 7.47. The van der Waals surface area contributed by atoms with Crippen LogP contribution in [-0.4, -0.2) is 74.3 Å². The topological polar surface area (TPSA) is 111 Å². The Balaban J connectivity index is 5.18. The second kappa shape index (κ2) is 60.5. The first-order valence-electron chi connectivity index (χ1n) is 33.4. The monoisotopic (exact) mass is 1160 g/mol. The molecule has 0 aliphatic carbocycles. The predicted molar refractivity (Wildman–Crippen MR) is 355 cm³/mol. The molecule has 0 heterocycles. The molecule has 0 radical (unpaired) electrons. The first-order valence-corrected chi connectivity index (χ1v) is 34.9. The van der Waals surface area contributed by atoms with Crippen LogP contribution in [0.2, 0.25) is 0 Å². The standard InChI is InChI=1S/C72H125N2O7P/c1-7-10-13-16-19-22-25-28-30-32-33-34-35-36-37-38-39-40-41-43-44-46-49-52-55-58-61-64-71(75)73-69(68-80-82(77,78)79-67-66-74(4,5)6)70(63-60-57-54-51-48-27-24-21-18-15-12-9-3)81-72(76)65-62-59-56-53-50-47-45-42-31-29-26-23-20-17-14-11-8-2/h10,13,19-20,22-23,28-31,33-34,36-37,39-40,45,47,60,63,69-70H,7-9,11-12,14-18,21,24-27,32,35,38,41-44,46,48-59,61-62,64-68H2,1-6H3,(H-,73,75,77,78)/p+1/b13-10-,22-19-,23-20-,30-28-,31-29-,34-33-,37-36-,40-39-,47-45-,63-60-. The molecule has 0 saturated carbocycles. The molecular formula is C72H126N2O7P+. The molecule has 0 aliphatic rings. The number of nitrogens with one attached hydrogen (secondary N) is 1. The molecule has 10 heteroatoms. The summed E-state index contributed by atoms with van der Waals surface area (Å²) in [4.78, 5) is 37.8. The summed E-state index contributed by atoms with van der Waals surface area (Å²) in [6.45, 7) is 6.84. The number of quaternary nitrogens is 1. The van der Waals surface area contributed by atoms with Crippen molar-refractivity contribution in [1.29, 1.82) is 0 Å². The number of hydrogen-bond donors (Lipinski definition) is 2. The maximum atomic E-state index is 13.6. The number of unbranched alkanes of at least 4 members (excludes halogenated alkanes) is 25. The number of carbonyl (C=O) groups is 2. The second-order valence-electron chi connectivity index (χ2n) is 23.3. The zero-order valence-electron chi connectivity index (χ0n) is 53.7. The zero-order chi connectivity index (χ0) is 60.0. The minimum absolute atomic E-state index is 0.0286. The molecule has 3 atom stereocenters. The molecule has 0 aliphatic heterocycles. The number of phosphoric ester groups is 1. The van der Waals surface area contributed by atoms with Crippen LogP contribution in [0.5, 0.6) is 0 Å². The highest BCUT2D eigenvalue weighted by atomic mass is 31.2. The van der Waals surface area contributed by atoms with Crippen molar-refractivity contribution < 1.29 is 37.3 Å². The Morgan fingerprint density at radius 1 is 0.439 bits per heavy atom. The van der Waals surface area contributed by atoms with Gasteiger partial charge >= 0.3 is 13.8 Å². The fourth-order valence-electron chi connectivity index (χ4n) is 9.01.